The van der Waals surface area contributed by atoms with Crippen molar-refractivity contribution in [2.45, 2.75) is 51.0 Å². The summed E-state index contributed by atoms with van der Waals surface area (Å²) in [6, 6.07) is 20.8. The quantitative estimate of drug-likeness (QED) is 0.345. The van der Waals surface area contributed by atoms with E-state index in [9.17, 15) is 14.4 Å². The number of amides is 5. The molecule has 3 aromatic carbocycles. The number of carbonyl (C=O) groups excluding carboxylic acids is 3. The smallest absolute Gasteiger partial charge is 0.322 e. The summed E-state index contributed by atoms with van der Waals surface area (Å²) in [5.74, 6) is -0.0985. The molecule has 214 valence electrons. The molecule has 10 heteroatoms. The highest BCUT2D eigenvalue weighted by Gasteiger charge is 2.36. The lowest BCUT2D eigenvalue weighted by atomic mass is 9.98. The predicted octanol–water partition coefficient (Wildman–Crippen LogP) is 4.24. The number of nitrogens with one attached hydrogen (secondary N) is 3. The molecule has 1 aromatic heterocycles. The Labute approximate surface area is 243 Å². The van der Waals surface area contributed by atoms with E-state index in [0.29, 0.717) is 52.0 Å². The fourth-order valence-corrected chi connectivity index (χ4v) is 6.48. The number of para-hydroxylation sites is 1. The van der Waals surface area contributed by atoms with Gasteiger partial charge in [0.25, 0.3) is 0 Å². The van der Waals surface area contributed by atoms with E-state index in [0.717, 1.165) is 38.8 Å². The molecule has 1 fully saturated rings. The summed E-state index contributed by atoms with van der Waals surface area (Å²) in [5.41, 5.74) is 6.01. The van der Waals surface area contributed by atoms with Gasteiger partial charge in [-0.2, -0.15) is 5.10 Å². The maximum atomic E-state index is 13.9. The van der Waals surface area contributed by atoms with Gasteiger partial charge >= 0.3 is 12.1 Å². The molecule has 3 N–H and O–H groups in total. The molecular weight excluding hydrogens is 530 g/mol. The van der Waals surface area contributed by atoms with Gasteiger partial charge in [-0.1, -0.05) is 54.6 Å². The first-order chi connectivity index (χ1) is 20.5. The number of aromatic nitrogens is 2. The third-order valence-corrected chi connectivity index (χ3v) is 8.78. The number of hydrogen-bond donors (Lipinski definition) is 3. The van der Waals surface area contributed by atoms with Crippen molar-refractivity contribution in [2.24, 2.45) is 0 Å². The van der Waals surface area contributed by atoms with Crippen LogP contribution in [0.2, 0.25) is 0 Å². The Balaban J connectivity index is 1.06. The minimum absolute atomic E-state index is 0.0486. The first kappa shape index (κ1) is 26.1. The fraction of sp³-hybridized carbons (Fsp3) is 0.312. The average Bonchev–Trinajstić information content (AvgIpc) is 3.46. The third kappa shape index (κ3) is 4.93. The average molecular weight is 564 g/mol. The molecule has 0 unspecified atom stereocenters. The van der Waals surface area contributed by atoms with Crippen molar-refractivity contribution in [1.29, 1.82) is 0 Å². The number of likely N-dealkylation sites (tertiary alicyclic amines) is 1. The molecule has 4 heterocycles. The van der Waals surface area contributed by atoms with Gasteiger partial charge in [-0.15, -0.1) is 0 Å². The first-order valence-electron chi connectivity index (χ1n) is 14.5. The van der Waals surface area contributed by atoms with Gasteiger partial charge in [0, 0.05) is 56.3 Å². The molecule has 1 saturated heterocycles. The van der Waals surface area contributed by atoms with Crippen LogP contribution in [0.4, 0.5) is 15.3 Å². The number of carbonyl (C=O) groups is 3. The Morgan fingerprint density at radius 2 is 1.71 bits per heavy atom. The van der Waals surface area contributed by atoms with Crippen molar-refractivity contribution in [3.63, 3.8) is 0 Å². The number of rotatable bonds is 4. The summed E-state index contributed by atoms with van der Waals surface area (Å²) in [6.07, 6.45) is 3.59. The number of H-pyrrole nitrogens is 1. The van der Waals surface area contributed by atoms with Gasteiger partial charge in [-0.05, 0) is 47.2 Å². The van der Waals surface area contributed by atoms with Crippen LogP contribution < -0.4 is 10.6 Å². The van der Waals surface area contributed by atoms with E-state index in [-0.39, 0.29) is 24.0 Å². The van der Waals surface area contributed by atoms with Gasteiger partial charge in [0.05, 0.1) is 11.7 Å². The standard InChI is InChI=1S/C32H33N7O3/c40-30-29(16-22-10-11-28-25(17-33-36-28)26(22)20-38(30)18-21-6-2-1-3-7-21)35-31(41)37-14-12-24(13-15-37)39-19-23-8-4-5-9-27(23)34-32(39)42/h1-11,17,24,29H,12-16,18-20H2,(H,33,36)(H,34,42)(H,35,41)/t29-/m1/s1. The van der Waals surface area contributed by atoms with E-state index < -0.39 is 6.04 Å². The molecule has 0 bridgehead atoms. The number of urea groups is 2. The normalized spacial score (nSPS) is 19.2. The van der Waals surface area contributed by atoms with E-state index in [1.807, 2.05) is 82.7 Å². The second-order valence-corrected chi connectivity index (χ2v) is 11.4. The zero-order valence-corrected chi connectivity index (χ0v) is 23.3. The Hall–Kier alpha value is -4.86. The van der Waals surface area contributed by atoms with Gasteiger partial charge < -0.3 is 25.3 Å². The molecule has 0 spiro atoms. The van der Waals surface area contributed by atoms with Crippen molar-refractivity contribution in [2.75, 3.05) is 18.4 Å². The first-order valence-corrected chi connectivity index (χ1v) is 14.5. The van der Waals surface area contributed by atoms with Crippen molar-refractivity contribution in [1.82, 2.24) is 30.2 Å². The summed E-state index contributed by atoms with van der Waals surface area (Å²) in [4.78, 5) is 45.7. The SMILES string of the molecule is O=C(N[C@@H]1Cc2ccc3[nH]ncc3c2CN(Cc2ccccc2)C1=O)N1CCC(N2Cc3ccccc3NC2=O)CC1. The number of benzene rings is 3. The number of nitrogens with zero attached hydrogens (tertiary/aromatic N) is 4. The largest absolute Gasteiger partial charge is 0.332 e. The summed E-state index contributed by atoms with van der Waals surface area (Å²) >= 11 is 0. The molecule has 7 rings (SSSR count). The molecule has 42 heavy (non-hydrogen) atoms. The fourth-order valence-electron chi connectivity index (χ4n) is 6.48. The van der Waals surface area contributed by atoms with Crippen molar-refractivity contribution in [3.8, 4) is 0 Å². The Morgan fingerprint density at radius 1 is 0.929 bits per heavy atom. The van der Waals surface area contributed by atoms with E-state index in [1.54, 1.807) is 4.90 Å². The summed E-state index contributed by atoms with van der Waals surface area (Å²) < 4.78 is 0. The van der Waals surface area contributed by atoms with Gasteiger partial charge in [-0.25, -0.2) is 9.59 Å². The maximum Gasteiger partial charge on any atom is 0.322 e. The number of hydrogen-bond acceptors (Lipinski definition) is 4. The molecule has 0 saturated carbocycles. The lowest BCUT2D eigenvalue weighted by Gasteiger charge is -2.40. The Bertz CT molecular complexity index is 1640. The maximum absolute atomic E-state index is 13.9. The summed E-state index contributed by atoms with van der Waals surface area (Å²) in [6.45, 7) is 2.49. The molecule has 0 radical (unpaired) electrons. The molecule has 5 amide bonds. The van der Waals surface area contributed by atoms with Crippen LogP contribution in [0.3, 0.4) is 0 Å². The van der Waals surface area contributed by atoms with Crippen LogP contribution >= 0.6 is 0 Å². The molecular formula is C32H33N7O3. The van der Waals surface area contributed by atoms with Crippen LogP contribution in [0.5, 0.6) is 0 Å². The van der Waals surface area contributed by atoms with Gasteiger partial charge in [-0.3, -0.25) is 9.89 Å². The minimum atomic E-state index is -0.686. The molecule has 1 atom stereocenters. The molecule has 3 aliphatic heterocycles. The predicted molar refractivity (Wildman–Crippen MR) is 158 cm³/mol. The van der Waals surface area contributed by atoms with Crippen molar-refractivity contribution >= 4 is 34.6 Å². The van der Waals surface area contributed by atoms with Crippen molar-refractivity contribution in [3.05, 3.63) is 95.2 Å². The van der Waals surface area contributed by atoms with Crippen LogP contribution in [0.1, 0.15) is 35.1 Å². The zero-order valence-electron chi connectivity index (χ0n) is 23.3. The molecule has 10 nitrogen and oxygen atoms in total. The van der Waals surface area contributed by atoms with Crippen LogP contribution in [-0.2, 0) is 30.8 Å². The van der Waals surface area contributed by atoms with Crippen molar-refractivity contribution < 1.29 is 14.4 Å². The van der Waals surface area contributed by atoms with Crippen LogP contribution in [0, 0.1) is 0 Å². The van der Waals surface area contributed by atoms with Gasteiger partial charge in [0.2, 0.25) is 5.91 Å². The van der Waals surface area contributed by atoms with E-state index in [1.165, 1.54) is 0 Å². The molecule has 3 aliphatic rings. The summed E-state index contributed by atoms with van der Waals surface area (Å²) in [5, 5.41) is 14.3. The summed E-state index contributed by atoms with van der Waals surface area (Å²) in [7, 11) is 0. The highest BCUT2D eigenvalue weighted by Crippen LogP contribution is 2.29. The number of anilines is 1. The highest BCUT2D eigenvalue weighted by atomic mass is 16.2. The lowest BCUT2D eigenvalue weighted by Crippen LogP contribution is -2.55. The monoisotopic (exact) mass is 563 g/mol. The topological polar surface area (TPSA) is 114 Å². The van der Waals surface area contributed by atoms with Crippen LogP contribution in [0.15, 0.2) is 72.9 Å². The number of fused-ring (bicyclic) bond motifs is 4. The second kappa shape index (κ2) is 10.8. The van der Waals surface area contributed by atoms with Gasteiger partial charge in [0.15, 0.2) is 0 Å². The highest BCUT2D eigenvalue weighted by molar-refractivity contribution is 5.93. The third-order valence-electron chi connectivity index (χ3n) is 8.78. The Morgan fingerprint density at radius 3 is 2.55 bits per heavy atom. The van der Waals surface area contributed by atoms with E-state index >= 15 is 0 Å². The van der Waals surface area contributed by atoms with E-state index in [2.05, 4.69) is 20.8 Å². The minimum Gasteiger partial charge on any atom is -0.332 e. The van der Waals surface area contributed by atoms with E-state index in [4.69, 9.17) is 0 Å². The number of aromatic amines is 1. The number of piperidine rings is 1. The van der Waals surface area contributed by atoms with Crippen LogP contribution in [-0.4, -0.2) is 68.0 Å². The molecule has 0 aliphatic carbocycles. The van der Waals surface area contributed by atoms with Crippen LogP contribution in [0.25, 0.3) is 10.9 Å². The zero-order chi connectivity index (χ0) is 28.6. The second-order valence-electron chi connectivity index (χ2n) is 11.4. The Kier molecular flexibility index (Phi) is 6.73. The lowest BCUT2D eigenvalue weighted by molar-refractivity contribution is -0.134. The molecule has 4 aromatic rings. The van der Waals surface area contributed by atoms with Gasteiger partial charge in [0.1, 0.15) is 6.04 Å².